The maximum absolute atomic E-state index is 16.6. The summed E-state index contributed by atoms with van der Waals surface area (Å²) in [6.07, 6.45) is 6.15. The monoisotopic (exact) mass is 663 g/mol. The van der Waals surface area contributed by atoms with Gasteiger partial charge in [-0.05, 0) is 47.9 Å². The van der Waals surface area contributed by atoms with Crippen LogP contribution in [0, 0.1) is 5.82 Å². The molecule has 0 bridgehead atoms. The fraction of sp³-hybridized carbons (Fsp3) is 0.297. The van der Waals surface area contributed by atoms with Crippen LogP contribution < -0.4 is 14.4 Å². The number of aryl methyl sites for hydroxylation is 1. The number of hydrogen-bond donors (Lipinski definition) is 1. The molecule has 1 saturated heterocycles. The molecule has 4 heterocycles. The molecule has 0 atom stereocenters. The van der Waals surface area contributed by atoms with Gasteiger partial charge in [0.25, 0.3) is 5.91 Å². The van der Waals surface area contributed by atoms with Crippen molar-refractivity contribution >= 4 is 34.0 Å². The van der Waals surface area contributed by atoms with Crippen LogP contribution in [0.25, 0.3) is 27.6 Å². The number of benzene rings is 3. The van der Waals surface area contributed by atoms with Gasteiger partial charge < -0.3 is 29.2 Å². The van der Waals surface area contributed by atoms with Crippen LogP contribution in [0.1, 0.15) is 28.9 Å². The first-order valence-corrected chi connectivity index (χ1v) is 16.4. The van der Waals surface area contributed by atoms with E-state index in [1.165, 1.54) is 0 Å². The normalized spacial score (nSPS) is 15.0. The molecule has 1 N–H and O–H groups in total. The van der Waals surface area contributed by atoms with E-state index in [2.05, 4.69) is 20.2 Å². The SMILES string of the molecule is COc1cccc(N2CCN(C(=O)c3cc4c(-c5ccccc5OC)cc(C5=CCCN(C(=O)CCn6ccnn6)C5)c(F)c4[nH]3)CC2)c1. The average Bonchev–Trinajstić information content (AvgIpc) is 3.85. The molecule has 2 aliphatic heterocycles. The van der Waals surface area contributed by atoms with Gasteiger partial charge in [-0.2, -0.15) is 0 Å². The Morgan fingerprint density at radius 1 is 0.898 bits per heavy atom. The van der Waals surface area contributed by atoms with Gasteiger partial charge in [-0.25, -0.2) is 4.39 Å². The summed E-state index contributed by atoms with van der Waals surface area (Å²) in [5, 5.41) is 8.33. The molecule has 1 fully saturated rings. The maximum Gasteiger partial charge on any atom is 0.270 e. The van der Waals surface area contributed by atoms with Crippen molar-refractivity contribution in [2.24, 2.45) is 0 Å². The predicted molar refractivity (Wildman–Crippen MR) is 185 cm³/mol. The highest BCUT2D eigenvalue weighted by molar-refractivity contribution is 6.05. The zero-order valence-electron chi connectivity index (χ0n) is 27.6. The summed E-state index contributed by atoms with van der Waals surface area (Å²) in [6, 6.07) is 19.0. The highest BCUT2D eigenvalue weighted by atomic mass is 19.1. The van der Waals surface area contributed by atoms with Crippen molar-refractivity contribution in [1.82, 2.24) is 29.8 Å². The van der Waals surface area contributed by atoms with Crippen LogP contribution in [0.15, 0.2) is 79.1 Å². The van der Waals surface area contributed by atoms with E-state index in [4.69, 9.17) is 9.47 Å². The number of amides is 2. The second kappa shape index (κ2) is 13.8. The van der Waals surface area contributed by atoms with E-state index >= 15 is 4.39 Å². The summed E-state index contributed by atoms with van der Waals surface area (Å²) >= 11 is 0. The van der Waals surface area contributed by atoms with Gasteiger partial charge in [0.1, 0.15) is 17.2 Å². The number of aromatic amines is 1. The Bertz CT molecular complexity index is 2010. The average molecular weight is 664 g/mol. The van der Waals surface area contributed by atoms with Crippen LogP contribution in [-0.2, 0) is 11.3 Å². The minimum Gasteiger partial charge on any atom is -0.497 e. The number of methoxy groups -OCH3 is 2. The van der Waals surface area contributed by atoms with E-state index in [0.29, 0.717) is 73.7 Å². The van der Waals surface area contributed by atoms with Crippen LogP contribution in [0.4, 0.5) is 10.1 Å². The van der Waals surface area contributed by atoms with E-state index in [1.807, 2.05) is 60.7 Å². The number of halogens is 1. The zero-order chi connectivity index (χ0) is 33.9. The first-order valence-electron chi connectivity index (χ1n) is 16.4. The van der Waals surface area contributed by atoms with Crippen molar-refractivity contribution in [2.45, 2.75) is 19.4 Å². The van der Waals surface area contributed by atoms with E-state index in [1.54, 1.807) is 47.2 Å². The molecule has 12 heteroatoms. The number of carbonyl (C=O) groups excluding carboxylic acids is 2. The molecular formula is C37H38FN7O4. The zero-order valence-corrected chi connectivity index (χ0v) is 27.6. The van der Waals surface area contributed by atoms with Crippen LogP contribution >= 0.6 is 0 Å². The summed E-state index contributed by atoms with van der Waals surface area (Å²) in [7, 11) is 3.25. The van der Waals surface area contributed by atoms with E-state index in [9.17, 15) is 9.59 Å². The summed E-state index contributed by atoms with van der Waals surface area (Å²) < 4.78 is 29.4. The summed E-state index contributed by atoms with van der Waals surface area (Å²) in [5.41, 5.74) is 4.21. The topological polar surface area (TPSA) is 109 Å². The van der Waals surface area contributed by atoms with E-state index < -0.39 is 5.82 Å². The largest absolute Gasteiger partial charge is 0.497 e. The molecule has 49 heavy (non-hydrogen) atoms. The lowest BCUT2D eigenvalue weighted by Gasteiger charge is -2.36. The van der Waals surface area contributed by atoms with Gasteiger partial charge in [0, 0.05) is 80.2 Å². The lowest BCUT2D eigenvalue weighted by Crippen LogP contribution is -2.48. The maximum atomic E-state index is 16.6. The molecule has 2 aromatic heterocycles. The number of carbonyl (C=O) groups is 2. The van der Waals surface area contributed by atoms with Crippen molar-refractivity contribution in [2.75, 3.05) is 58.4 Å². The first kappa shape index (κ1) is 31.9. The lowest BCUT2D eigenvalue weighted by atomic mass is 9.93. The molecule has 0 unspecified atom stereocenters. The number of nitrogens with zero attached hydrogens (tertiary/aromatic N) is 6. The number of hydrogen-bond acceptors (Lipinski definition) is 7. The Morgan fingerprint density at radius 2 is 1.73 bits per heavy atom. The van der Waals surface area contributed by atoms with Crippen LogP contribution in [0.5, 0.6) is 11.5 Å². The van der Waals surface area contributed by atoms with Gasteiger partial charge in [-0.15, -0.1) is 5.10 Å². The molecule has 0 aliphatic carbocycles. The molecular weight excluding hydrogens is 625 g/mol. The van der Waals surface area contributed by atoms with Crippen molar-refractivity contribution in [3.63, 3.8) is 0 Å². The fourth-order valence-corrected chi connectivity index (χ4v) is 6.72. The number of fused-ring (bicyclic) bond motifs is 1. The number of anilines is 1. The quantitative estimate of drug-likeness (QED) is 0.230. The minimum absolute atomic E-state index is 0.0354. The van der Waals surface area contributed by atoms with Gasteiger partial charge >= 0.3 is 0 Å². The molecule has 2 aliphatic rings. The van der Waals surface area contributed by atoms with E-state index in [0.717, 1.165) is 22.6 Å². The third-order valence-electron chi connectivity index (χ3n) is 9.34. The standard InChI is InChI=1S/C37H38FN7O4/c1-48-27-9-5-8-26(21-27)42-17-19-43(20-18-42)37(47)32-23-31-30(28-10-3-4-11-33(28)49-2)22-29(35(38)36(31)40-32)25-7-6-14-44(24-25)34(46)12-15-45-16-13-39-41-45/h3-5,7-11,13,16,21-23,40H,6,12,14-15,17-20,24H2,1-2H3. The smallest absolute Gasteiger partial charge is 0.270 e. The van der Waals surface area contributed by atoms with Crippen LogP contribution in [0.3, 0.4) is 0 Å². The second-order valence-electron chi connectivity index (χ2n) is 12.2. The van der Waals surface area contributed by atoms with Crippen molar-refractivity contribution in [3.05, 3.63) is 96.2 Å². The Kier molecular flexibility index (Phi) is 9.01. The molecule has 2 amide bonds. The van der Waals surface area contributed by atoms with Crippen LogP contribution in [0.2, 0.25) is 0 Å². The molecule has 252 valence electrons. The van der Waals surface area contributed by atoms with E-state index in [-0.39, 0.29) is 30.3 Å². The van der Waals surface area contributed by atoms with Gasteiger partial charge in [0.05, 0.1) is 32.5 Å². The number of rotatable bonds is 9. The van der Waals surface area contributed by atoms with Crippen molar-refractivity contribution < 1.29 is 23.5 Å². The molecule has 0 spiro atoms. The predicted octanol–water partition coefficient (Wildman–Crippen LogP) is 5.25. The molecule has 7 rings (SSSR count). The van der Waals surface area contributed by atoms with Gasteiger partial charge in [0.2, 0.25) is 5.91 Å². The Balaban J connectivity index is 1.18. The third kappa shape index (κ3) is 6.46. The number of nitrogens with one attached hydrogen (secondary N) is 1. The van der Waals surface area contributed by atoms with Gasteiger partial charge in [-0.1, -0.05) is 35.6 Å². The highest BCUT2D eigenvalue weighted by Crippen LogP contribution is 2.40. The molecule has 0 saturated carbocycles. The number of piperazine rings is 1. The van der Waals surface area contributed by atoms with Crippen LogP contribution in [-0.4, -0.2) is 95.1 Å². The summed E-state index contributed by atoms with van der Waals surface area (Å²) in [6.45, 7) is 3.60. The number of ether oxygens (including phenoxy) is 2. The molecule has 11 nitrogen and oxygen atoms in total. The van der Waals surface area contributed by atoms with Crippen molar-refractivity contribution in [1.29, 1.82) is 0 Å². The molecule has 0 radical (unpaired) electrons. The number of aromatic nitrogens is 4. The molecule has 3 aromatic carbocycles. The van der Waals surface area contributed by atoms with Gasteiger partial charge in [-0.3, -0.25) is 14.3 Å². The minimum atomic E-state index is -0.460. The Hall–Kier alpha value is -5.65. The first-order chi connectivity index (χ1) is 23.9. The Morgan fingerprint density at radius 3 is 2.51 bits per heavy atom. The van der Waals surface area contributed by atoms with Gasteiger partial charge in [0.15, 0.2) is 5.82 Å². The summed E-state index contributed by atoms with van der Waals surface area (Å²) in [4.78, 5) is 36.0. The Labute approximate surface area is 283 Å². The third-order valence-corrected chi connectivity index (χ3v) is 9.34. The summed E-state index contributed by atoms with van der Waals surface area (Å²) in [5.74, 6) is 0.736. The number of H-pyrrole nitrogens is 1. The number of para-hydroxylation sites is 1. The lowest BCUT2D eigenvalue weighted by molar-refractivity contribution is -0.131. The fourth-order valence-electron chi connectivity index (χ4n) is 6.72. The second-order valence-corrected chi connectivity index (χ2v) is 12.2. The highest BCUT2D eigenvalue weighted by Gasteiger charge is 2.28. The molecule has 5 aromatic rings. The van der Waals surface area contributed by atoms with Crippen molar-refractivity contribution in [3.8, 4) is 22.6 Å².